The summed E-state index contributed by atoms with van der Waals surface area (Å²) < 4.78 is 42.0. The Bertz CT molecular complexity index is 638. The summed E-state index contributed by atoms with van der Waals surface area (Å²) in [6.45, 7) is 3.89. The van der Waals surface area contributed by atoms with Gasteiger partial charge in [-0.25, -0.2) is 13.2 Å². The van der Waals surface area contributed by atoms with Gasteiger partial charge >= 0.3 is 0 Å². The molecule has 2 rings (SSSR count). The van der Waals surface area contributed by atoms with Gasteiger partial charge in [-0.3, -0.25) is 0 Å². The highest BCUT2D eigenvalue weighted by Crippen LogP contribution is 2.29. The van der Waals surface area contributed by atoms with Gasteiger partial charge in [0.15, 0.2) is 0 Å². The van der Waals surface area contributed by atoms with Crippen molar-refractivity contribution >= 4 is 15.9 Å². The van der Waals surface area contributed by atoms with Gasteiger partial charge in [0.25, 0.3) is 0 Å². The van der Waals surface area contributed by atoms with Crippen LogP contribution in [0.2, 0.25) is 0 Å². The number of rotatable bonds is 4. The van der Waals surface area contributed by atoms with Crippen LogP contribution in [0.5, 0.6) is 0 Å². The molecule has 0 bridgehead atoms. The van der Waals surface area contributed by atoms with Crippen molar-refractivity contribution in [3.05, 3.63) is 68.9 Å². The van der Waals surface area contributed by atoms with E-state index in [2.05, 4.69) is 21.2 Å². The van der Waals surface area contributed by atoms with E-state index in [0.29, 0.717) is 16.6 Å². The van der Waals surface area contributed by atoms with E-state index in [1.807, 2.05) is 6.92 Å². The minimum absolute atomic E-state index is 0.164. The van der Waals surface area contributed by atoms with Crippen molar-refractivity contribution in [2.24, 2.45) is 0 Å². The Balaban J connectivity index is 2.55. The van der Waals surface area contributed by atoms with Crippen molar-refractivity contribution in [2.45, 2.75) is 19.9 Å². The lowest BCUT2D eigenvalue weighted by Crippen LogP contribution is -2.23. The number of hydrogen-bond acceptors (Lipinski definition) is 1. The Hall–Kier alpha value is -1.33. The maximum Gasteiger partial charge on any atom is 0.128 e. The van der Waals surface area contributed by atoms with Crippen molar-refractivity contribution < 1.29 is 13.2 Å². The SMILES string of the molecule is CCNC(c1cc(F)cc(Br)c1)c1cc(F)c(C)cc1F. The number of hydrogen-bond donors (Lipinski definition) is 1. The second-order valence-electron chi connectivity index (χ2n) is 4.82. The van der Waals surface area contributed by atoms with Gasteiger partial charge in [-0.2, -0.15) is 0 Å². The first-order valence-electron chi connectivity index (χ1n) is 6.57. The molecule has 0 fully saturated rings. The third kappa shape index (κ3) is 3.66. The zero-order valence-electron chi connectivity index (χ0n) is 11.7. The van der Waals surface area contributed by atoms with E-state index in [1.165, 1.54) is 19.1 Å². The van der Waals surface area contributed by atoms with E-state index in [4.69, 9.17) is 0 Å². The van der Waals surface area contributed by atoms with Crippen molar-refractivity contribution in [2.75, 3.05) is 6.54 Å². The monoisotopic (exact) mass is 357 g/mol. The minimum Gasteiger partial charge on any atom is -0.306 e. The summed E-state index contributed by atoms with van der Waals surface area (Å²) in [4.78, 5) is 0. The van der Waals surface area contributed by atoms with E-state index < -0.39 is 23.5 Å². The van der Waals surface area contributed by atoms with Gasteiger partial charge in [-0.15, -0.1) is 0 Å². The molecule has 2 aromatic rings. The lowest BCUT2D eigenvalue weighted by molar-refractivity contribution is 0.538. The average Bonchev–Trinajstić information content (AvgIpc) is 2.39. The molecule has 0 aliphatic heterocycles. The van der Waals surface area contributed by atoms with Gasteiger partial charge in [0, 0.05) is 10.0 Å². The van der Waals surface area contributed by atoms with Crippen LogP contribution in [0.1, 0.15) is 29.7 Å². The lowest BCUT2D eigenvalue weighted by atomic mass is 9.96. The molecule has 112 valence electrons. The molecule has 1 unspecified atom stereocenters. The van der Waals surface area contributed by atoms with Crippen molar-refractivity contribution in [3.8, 4) is 0 Å². The van der Waals surface area contributed by atoms with Crippen LogP contribution in [0, 0.1) is 24.4 Å². The van der Waals surface area contributed by atoms with Gasteiger partial charge in [0.05, 0.1) is 6.04 Å². The molecule has 1 atom stereocenters. The Morgan fingerprint density at radius 1 is 1.05 bits per heavy atom. The maximum absolute atomic E-state index is 14.2. The molecule has 1 nitrogen and oxygen atoms in total. The minimum atomic E-state index is -0.614. The second-order valence-corrected chi connectivity index (χ2v) is 5.73. The largest absolute Gasteiger partial charge is 0.306 e. The van der Waals surface area contributed by atoms with Gasteiger partial charge in [-0.05, 0) is 54.9 Å². The molecule has 0 amide bonds. The van der Waals surface area contributed by atoms with Crippen molar-refractivity contribution in [1.82, 2.24) is 5.32 Å². The van der Waals surface area contributed by atoms with Crippen molar-refractivity contribution in [1.29, 1.82) is 0 Å². The lowest BCUT2D eigenvalue weighted by Gasteiger charge is -2.20. The molecule has 21 heavy (non-hydrogen) atoms. The molecular weight excluding hydrogens is 343 g/mol. The zero-order valence-corrected chi connectivity index (χ0v) is 13.3. The summed E-state index contributed by atoms with van der Waals surface area (Å²) in [7, 11) is 0. The van der Waals surface area contributed by atoms with Gasteiger partial charge in [0.1, 0.15) is 17.5 Å². The topological polar surface area (TPSA) is 12.0 Å². The third-order valence-electron chi connectivity index (χ3n) is 3.22. The number of nitrogens with one attached hydrogen (secondary N) is 1. The van der Waals surface area contributed by atoms with E-state index in [9.17, 15) is 13.2 Å². The fraction of sp³-hybridized carbons (Fsp3) is 0.250. The first-order valence-corrected chi connectivity index (χ1v) is 7.36. The summed E-state index contributed by atoms with van der Waals surface area (Å²) in [6.07, 6.45) is 0. The van der Waals surface area contributed by atoms with Crippen LogP contribution >= 0.6 is 15.9 Å². The van der Waals surface area contributed by atoms with Crippen LogP contribution in [0.4, 0.5) is 13.2 Å². The van der Waals surface area contributed by atoms with Crippen LogP contribution in [0.3, 0.4) is 0 Å². The highest BCUT2D eigenvalue weighted by Gasteiger charge is 2.20. The summed E-state index contributed by atoms with van der Waals surface area (Å²) in [5, 5.41) is 3.06. The zero-order chi connectivity index (χ0) is 15.6. The Kier molecular flexibility index (Phi) is 5.06. The van der Waals surface area contributed by atoms with Crippen LogP contribution in [-0.4, -0.2) is 6.54 Å². The molecule has 2 aromatic carbocycles. The molecule has 5 heteroatoms. The fourth-order valence-electron chi connectivity index (χ4n) is 2.24. The van der Waals surface area contributed by atoms with E-state index in [-0.39, 0.29) is 11.1 Å². The number of benzene rings is 2. The van der Waals surface area contributed by atoms with Crippen LogP contribution in [0.25, 0.3) is 0 Å². The maximum atomic E-state index is 14.2. The van der Waals surface area contributed by atoms with E-state index in [1.54, 1.807) is 6.07 Å². The molecule has 0 radical (unpaired) electrons. The average molecular weight is 358 g/mol. The summed E-state index contributed by atoms with van der Waals surface area (Å²) >= 11 is 3.21. The van der Waals surface area contributed by atoms with Gasteiger partial charge in [-0.1, -0.05) is 22.9 Å². The molecule has 0 saturated carbocycles. The second kappa shape index (κ2) is 6.62. The molecule has 0 aromatic heterocycles. The normalized spacial score (nSPS) is 12.5. The molecular formula is C16H15BrF3N. The Labute approximate surface area is 130 Å². The summed E-state index contributed by atoms with van der Waals surface area (Å²) in [5.41, 5.74) is 0.940. The van der Waals surface area contributed by atoms with Gasteiger partial charge in [0.2, 0.25) is 0 Å². The first-order chi connectivity index (χ1) is 9.92. The van der Waals surface area contributed by atoms with Gasteiger partial charge < -0.3 is 5.32 Å². The predicted molar refractivity (Wildman–Crippen MR) is 80.7 cm³/mol. The predicted octanol–water partition coefficient (Wildman–Crippen LogP) is 4.87. The van der Waals surface area contributed by atoms with E-state index in [0.717, 1.165) is 12.1 Å². The highest BCUT2D eigenvalue weighted by molar-refractivity contribution is 9.10. The molecule has 0 aliphatic carbocycles. The Morgan fingerprint density at radius 3 is 2.38 bits per heavy atom. The molecule has 0 spiro atoms. The van der Waals surface area contributed by atoms with Crippen LogP contribution < -0.4 is 5.32 Å². The molecule has 0 aliphatic rings. The fourth-order valence-corrected chi connectivity index (χ4v) is 2.72. The summed E-state index contributed by atoms with van der Waals surface area (Å²) in [5.74, 6) is -1.43. The Morgan fingerprint density at radius 2 is 1.76 bits per heavy atom. The number of halogens is 4. The molecule has 1 N–H and O–H groups in total. The smallest absolute Gasteiger partial charge is 0.128 e. The third-order valence-corrected chi connectivity index (χ3v) is 3.67. The quantitative estimate of drug-likeness (QED) is 0.822. The molecule has 0 heterocycles. The van der Waals surface area contributed by atoms with Crippen LogP contribution in [0.15, 0.2) is 34.8 Å². The highest BCUT2D eigenvalue weighted by atomic mass is 79.9. The summed E-state index contributed by atoms with van der Waals surface area (Å²) in [6, 6.07) is 6.03. The standard InChI is InChI=1S/C16H15BrF3N/c1-3-21-16(10-5-11(17)7-12(18)6-10)13-8-14(19)9(2)4-15(13)20/h4-8,16,21H,3H2,1-2H3. The molecule has 0 saturated heterocycles. The van der Waals surface area contributed by atoms with Crippen molar-refractivity contribution in [3.63, 3.8) is 0 Å². The first kappa shape index (κ1) is 16.0. The number of aryl methyl sites for hydroxylation is 1. The van der Waals surface area contributed by atoms with E-state index >= 15 is 0 Å². The van der Waals surface area contributed by atoms with Crippen LogP contribution in [-0.2, 0) is 0 Å².